The third-order valence-electron chi connectivity index (χ3n) is 2.79. The molecule has 3 amide bonds. The first-order valence-electron chi connectivity index (χ1n) is 5.50. The Bertz CT molecular complexity index is 311. The molecule has 0 atom stereocenters. The minimum absolute atomic E-state index is 0.00408. The quantitative estimate of drug-likeness (QED) is 0.606. The fourth-order valence-electron chi connectivity index (χ4n) is 1.81. The van der Waals surface area contributed by atoms with Crippen molar-refractivity contribution in [3.63, 3.8) is 0 Å². The van der Waals surface area contributed by atoms with Gasteiger partial charge in [-0.25, -0.2) is 4.79 Å². The molecule has 96 valence electrons. The second-order valence-electron chi connectivity index (χ2n) is 3.93. The van der Waals surface area contributed by atoms with E-state index in [2.05, 4.69) is 10.6 Å². The lowest BCUT2D eigenvalue weighted by molar-refractivity contribution is -0.135. The van der Waals surface area contributed by atoms with Gasteiger partial charge in [0.2, 0.25) is 5.91 Å². The highest BCUT2D eigenvalue weighted by Crippen LogP contribution is 2.16. The topological polar surface area (TPSA) is 98.7 Å². The number of urea groups is 1. The fraction of sp³-hybridized carbons (Fsp3) is 0.700. The zero-order valence-electron chi connectivity index (χ0n) is 9.73. The fourth-order valence-corrected chi connectivity index (χ4v) is 1.81. The molecule has 0 unspecified atom stereocenters. The smallest absolute Gasteiger partial charge is 0.323 e. The summed E-state index contributed by atoms with van der Waals surface area (Å²) in [5, 5.41) is 13.3. The number of aliphatic carboxylic acids is 1. The van der Waals surface area contributed by atoms with E-state index in [0.29, 0.717) is 25.9 Å². The zero-order valence-corrected chi connectivity index (χ0v) is 9.73. The SMILES string of the molecule is CNC(=O)C1CCN(C(=O)NCC(=O)O)CC1. The van der Waals surface area contributed by atoms with Crippen molar-refractivity contribution in [3.8, 4) is 0 Å². The highest BCUT2D eigenvalue weighted by molar-refractivity contribution is 5.81. The van der Waals surface area contributed by atoms with Gasteiger partial charge in [0.25, 0.3) is 0 Å². The summed E-state index contributed by atoms with van der Waals surface area (Å²) in [7, 11) is 1.59. The molecule has 0 bridgehead atoms. The lowest BCUT2D eigenvalue weighted by atomic mass is 9.96. The number of amides is 3. The van der Waals surface area contributed by atoms with Gasteiger partial charge in [0.1, 0.15) is 6.54 Å². The molecule has 1 heterocycles. The number of nitrogens with one attached hydrogen (secondary N) is 2. The minimum atomic E-state index is -1.07. The van der Waals surface area contributed by atoms with Gasteiger partial charge >= 0.3 is 12.0 Å². The third kappa shape index (κ3) is 3.93. The highest BCUT2D eigenvalue weighted by atomic mass is 16.4. The van der Waals surface area contributed by atoms with Gasteiger partial charge in [-0.3, -0.25) is 9.59 Å². The van der Waals surface area contributed by atoms with Gasteiger partial charge in [0.05, 0.1) is 0 Å². The first kappa shape index (κ1) is 13.3. The van der Waals surface area contributed by atoms with Crippen molar-refractivity contribution in [3.05, 3.63) is 0 Å². The van der Waals surface area contributed by atoms with Crippen LogP contribution in [0.2, 0.25) is 0 Å². The number of carbonyl (C=O) groups excluding carboxylic acids is 2. The van der Waals surface area contributed by atoms with Crippen molar-refractivity contribution >= 4 is 17.9 Å². The van der Waals surface area contributed by atoms with Crippen molar-refractivity contribution in [1.29, 1.82) is 0 Å². The Morgan fingerprint density at radius 3 is 2.35 bits per heavy atom. The van der Waals surface area contributed by atoms with Crippen molar-refractivity contribution < 1.29 is 19.5 Å². The highest BCUT2D eigenvalue weighted by Gasteiger charge is 2.26. The monoisotopic (exact) mass is 243 g/mol. The number of carboxylic acids is 1. The van der Waals surface area contributed by atoms with Crippen LogP contribution >= 0.6 is 0 Å². The molecule has 0 spiro atoms. The summed E-state index contributed by atoms with van der Waals surface area (Å²) in [4.78, 5) is 34.7. The number of piperidine rings is 1. The van der Waals surface area contributed by atoms with E-state index in [1.54, 1.807) is 7.05 Å². The van der Waals surface area contributed by atoms with Crippen molar-refractivity contribution in [1.82, 2.24) is 15.5 Å². The molecule has 1 aliphatic rings. The van der Waals surface area contributed by atoms with Crippen molar-refractivity contribution in [2.24, 2.45) is 5.92 Å². The summed E-state index contributed by atoms with van der Waals surface area (Å²) in [5.41, 5.74) is 0. The molecule has 17 heavy (non-hydrogen) atoms. The molecule has 0 radical (unpaired) electrons. The maximum Gasteiger partial charge on any atom is 0.323 e. The first-order chi connectivity index (χ1) is 8.04. The van der Waals surface area contributed by atoms with Crippen LogP contribution in [0.3, 0.4) is 0 Å². The Hall–Kier alpha value is -1.79. The molecular formula is C10H17N3O4. The van der Waals surface area contributed by atoms with Crippen LogP contribution in [-0.2, 0) is 9.59 Å². The van der Waals surface area contributed by atoms with E-state index in [0.717, 1.165) is 0 Å². The van der Waals surface area contributed by atoms with E-state index in [1.807, 2.05) is 0 Å². The largest absolute Gasteiger partial charge is 0.480 e. The van der Waals surface area contributed by atoms with E-state index in [9.17, 15) is 14.4 Å². The van der Waals surface area contributed by atoms with Crippen LogP contribution in [0.5, 0.6) is 0 Å². The molecule has 7 nitrogen and oxygen atoms in total. The van der Waals surface area contributed by atoms with Crippen LogP contribution in [0.4, 0.5) is 4.79 Å². The van der Waals surface area contributed by atoms with Crippen LogP contribution in [-0.4, -0.2) is 54.6 Å². The molecule has 0 aromatic carbocycles. The summed E-state index contributed by atoms with van der Waals surface area (Å²) < 4.78 is 0. The number of likely N-dealkylation sites (tertiary alicyclic amines) is 1. The van der Waals surface area contributed by atoms with E-state index in [-0.39, 0.29) is 24.4 Å². The number of rotatable bonds is 3. The predicted octanol–water partition coefficient (Wildman–Crippen LogP) is -0.761. The number of carboxylic acid groups (broad SMARTS) is 1. The van der Waals surface area contributed by atoms with E-state index < -0.39 is 5.97 Å². The summed E-state index contributed by atoms with van der Waals surface area (Å²) >= 11 is 0. The predicted molar refractivity (Wildman–Crippen MR) is 59.4 cm³/mol. The van der Waals surface area contributed by atoms with E-state index in [1.165, 1.54) is 4.90 Å². The molecular weight excluding hydrogens is 226 g/mol. The van der Waals surface area contributed by atoms with E-state index in [4.69, 9.17) is 5.11 Å². The Kier molecular flexibility index (Phi) is 4.74. The van der Waals surface area contributed by atoms with Gasteiger partial charge in [-0.2, -0.15) is 0 Å². The summed E-state index contributed by atoms with van der Waals surface area (Å²) in [6, 6.07) is -0.386. The maximum atomic E-state index is 11.5. The van der Waals surface area contributed by atoms with E-state index >= 15 is 0 Å². The number of carbonyl (C=O) groups is 3. The van der Waals surface area contributed by atoms with Gasteiger partial charge in [-0.05, 0) is 12.8 Å². The minimum Gasteiger partial charge on any atom is -0.480 e. The number of nitrogens with zero attached hydrogens (tertiary/aromatic N) is 1. The molecule has 7 heteroatoms. The number of hydrogen-bond acceptors (Lipinski definition) is 3. The lowest BCUT2D eigenvalue weighted by Crippen LogP contribution is -2.47. The molecule has 0 aliphatic carbocycles. The van der Waals surface area contributed by atoms with Gasteiger partial charge in [-0.15, -0.1) is 0 Å². The van der Waals surface area contributed by atoms with Crippen LogP contribution in [0.15, 0.2) is 0 Å². The molecule has 1 aliphatic heterocycles. The van der Waals surface area contributed by atoms with Crippen molar-refractivity contribution in [2.45, 2.75) is 12.8 Å². The number of hydrogen-bond donors (Lipinski definition) is 3. The third-order valence-corrected chi connectivity index (χ3v) is 2.79. The Labute approximate surface area is 99.2 Å². The maximum absolute atomic E-state index is 11.5. The van der Waals surface area contributed by atoms with Crippen LogP contribution < -0.4 is 10.6 Å². The standard InChI is InChI=1S/C10H17N3O4/c1-11-9(16)7-2-4-13(5-3-7)10(17)12-6-8(14)15/h7H,2-6H2,1H3,(H,11,16)(H,12,17)(H,14,15). The summed E-state index contributed by atoms with van der Waals surface area (Å²) in [6.07, 6.45) is 1.22. The van der Waals surface area contributed by atoms with Gasteiger partial charge < -0.3 is 20.6 Å². The Morgan fingerprint density at radius 2 is 1.88 bits per heavy atom. The van der Waals surface area contributed by atoms with Gasteiger partial charge in [0, 0.05) is 26.1 Å². The normalized spacial score (nSPS) is 16.4. The molecule has 1 fully saturated rings. The zero-order chi connectivity index (χ0) is 12.8. The second-order valence-corrected chi connectivity index (χ2v) is 3.93. The Balaban J connectivity index is 2.33. The second kappa shape index (κ2) is 6.07. The summed E-state index contributed by atoms with van der Waals surface area (Å²) in [5.74, 6) is -1.13. The van der Waals surface area contributed by atoms with Gasteiger partial charge in [-0.1, -0.05) is 0 Å². The van der Waals surface area contributed by atoms with Gasteiger partial charge in [0.15, 0.2) is 0 Å². The summed E-state index contributed by atoms with van der Waals surface area (Å²) in [6.45, 7) is 0.571. The van der Waals surface area contributed by atoms with Crippen LogP contribution in [0.1, 0.15) is 12.8 Å². The molecule has 1 saturated heterocycles. The molecule has 0 aromatic rings. The molecule has 0 aromatic heterocycles. The molecule has 1 rings (SSSR count). The van der Waals surface area contributed by atoms with Crippen LogP contribution in [0, 0.1) is 5.92 Å². The molecule has 3 N–H and O–H groups in total. The van der Waals surface area contributed by atoms with Crippen LogP contribution in [0.25, 0.3) is 0 Å². The molecule has 0 saturated carbocycles. The Morgan fingerprint density at radius 1 is 1.29 bits per heavy atom. The average molecular weight is 243 g/mol. The lowest BCUT2D eigenvalue weighted by Gasteiger charge is -2.30. The average Bonchev–Trinajstić information content (AvgIpc) is 2.35. The first-order valence-corrected chi connectivity index (χ1v) is 5.50. The van der Waals surface area contributed by atoms with Crippen molar-refractivity contribution in [2.75, 3.05) is 26.7 Å².